The molecule has 0 fully saturated rings. The van der Waals surface area contributed by atoms with Crippen LogP contribution in [0.5, 0.6) is 0 Å². The summed E-state index contributed by atoms with van der Waals surface area (Å²) in [6.07, 6.45) is 3.09. The maximum atomic E-state index is 13.7. The fraction of sp³-hybridized carbons (Fsp3) is 0.619. The molecule has 0 saturated carbocycles. The Bertz CT molecular complexity index is 893. The summed E-state index contributed by atoms with van der Waals surface area (Å²) in [4.78, 5) is 1.24. The van der Waals surface area contributed by atoms with E-state index in [9.17, 15) is 21.6 Å². The van der Waals surface area contributed by atoms with Crippen LogP contribution in [0.3, 0.4) is 0 Å². The molecule has 0 saturated heterocycles. The van der Waals surface area contributed by atoms with Crippen molar-refractivity contribution >= 4 is 32.5 Å². The second-order valence-electron chi connectivity index (χ2n) is 7.39. The first-order valence-corrected chi connectivity index (χ1v) is 13.4. The molecule has 0 N–H and O–H groups in total. The van der Waals surface area contributed by atoms with Crippen LogP contribution in [0.2, 0.25) is 0 Å². The van der Waals surface area contributed by atoms with Crippen molar-refractivity contribution in [3.05, 3.63) is 27.5 Å². The first-order valence-electron chi connectivity index (χ1n) is 10.1. The van der Waals surface area contributed by atoms with E-state index in [2.05, 4.69) is 6.92 Å². The maximum Gasteiger partial charge on any atom is 0.418 e. The van der Waals surface area contributed by atoms with Crippen molar-refractivity contribution in [3.8, 4) is 9.75 Å². The summed E-state index contributed by atoms with van der Waals surface area (Å²) >= 11 is 2.25. The van der Waals surface area contributed by atoms with E-state index in [1.165, 1.54) is 37.5 Å². The quantitative estimate of drug-likeness (QED) is 0.314. The lowest BCUT2D eigenvalue weighted by Gasteiger charge is -2.12. The highest BCUT2D eigenvalue weighted by Gasteiger charge is 2.42. The topological polar surface area (TPSA) is 34.1 Å². The van der Waals surface area contributed by atoms with Gasteiger partial charge in [-0.25, -0.2) is 8.42 Å². The molecule has 2 rings (SSSR count). The molecule has 2 nitrogen and oxygen atoms in total. The summed E-state index contributed by atoms with van der Waals surface area (Å²) in [7, 11) is -4.03. The maximum absolute atomic E-state index is 13.7. The molecule has 2 aromatic rings. The number of unbranched alkanes of at least 4 members (excludes halogenated alkanes) is 7. The molecule has 0 unspecified atom stereocenters. The Hall–Kier alpha value is -0.860. The third kappa shape index (κ3) is 6.56. The average molecular weight is 467 g/mol. The van der Waals surface area contributed by atoms with Gasteiger partial charge in [0.15, 0.2) is 9.84 Å². The SMILES string of the molecule is CCCCCCCCCCS(=O)(=O)c1c(-c2ccc(C)s2)sc(C)c1C(F)(F)F. The molecule has 0 aliphatic heterocycles. The molecule has 0 aliphatic carbocycles. The molecule has 164 valence electrons. The van der Waals surface area contributed by atoms with Crippen molar-refractivity contribution in [3.63, 3.8) is 0 Å². The molecular formula is C21H29F3O2S3. The molecular weight excluding hydrogens is 437 g/mol. The fourth-order valence-electron chi connectivity index (χ4n) is 3.40. The predicted molar refractivity (Wildman–Crippen MR) is 117 cm³/mol. The number of alkyl halides is 3. The number of hydrogen-bond donors (Lipinski definition) is 0. The van der Waals surface area contributed by atoms with Gasteiger partial charge in [0, 0.05) is 14.6 Å². The van der Waals surface area contributed by atoms with Gasteiger partial charge in [-0.15, -0.1) is 22.7 Å². The molecule has 2 heterocycles. The lowest BCUT2D eigenvalue weighted by Crippen LogP contribution is -2.15. The van der Waals surface area contributed by atoms with Crippen LogP contribution < -0.4 is 0 Å². The van der Waals surface area contributed by atoms with Gasteiger partial charge >= 0.3 is 6.18 Å². The first-order chi connectivity index (χ1) is 13.6. The Morgan fingerprint density at radius 2 is 1.48 bits per heavy atom. The molecule has 2 aromatic heterocycles. The second-order valence-corrected chi connectivity index (χ2v) is 12.0. The van der Waals surface area contributed by atoms with Gasteiger partial charge in [-0.1, -0.05) is 51.9 Å². The summed E-state index contributed by atoms with van der Waals surface area (Å²) in [6.45, 7) is 5.36. The summed E-state index contributed by atoms with van der Waals surface area (Å²) in [5.41, 5.74) is -0.983. The third-order valence-corrected chi connectivity index (χ3v) is 9.14. The molecule has 0 aromatic carbocycles. The van der Waals surface area contributed by atoms with Gasteiger partial charge in [0.1, 0.15) is 0 Å². The van der Waals surface area contributed by atoms with Gasteiger partial charge in [-0.05, 0) is 32.4 Å². The Kier molecular flexibility index (Phi) is 8.79. The lowest BCUT2D eigenvalue weighted by atomic mass is 10.1. The van der Waals surface area contributed by atoms with Crippen molar-refractivity contribution in [2.24, 2.45) is 0 Å². The van der Waals surface area contributed by atoms with Crippen molar-refractivity contribution in [1.29, 1.82) is 0 Å². The van der Waals surface area contributed by atoms with Crippen molar-refractivity contribution < 1.29 is 21.6 Å². The second kappa shape index (κ2) is 10.4. The van der Waals surface area contributed by atoms with E-state index in [4.69, 9.17) is 0 Å². The number of sulfone groups is 1. The number of thiophene rings is 2. The van der Waals surface area contributed by atoms with Crippen LogP contribution in [-0.2, 0) is 16.0 Å². The normalized spacial score (nSPS) is 12.6. The van der Waals surface area contributed by atoms with Gasteiger partial charge in [0.05, 0.1) is 21.1 Å². The average Bonchev–Trinajstić information content (AvgIpc) is 3.20. The highest BCUT2D eigenvalue weighted by molar-refractivity contribution is 7.91. The predicted octanol–water partition coefficient (Wildman–Crippen LogP) is 8.03. The molecule has 0 bridgehead atoms. The van der Waals surface area contributed by atoms with Gasteiger partial charge in [0.25, 0.3) is 0 Å². The highest BCUT2D eigenvalue weighted by atomic mass is 32.2. The van der Waals surface area contributed by atoms with Gasteiger partial charge in [-0.2, -0.15) is 13.2 Å². The molecule has 29 heavy (non-hydrogen) atoms. The van der Waals surface area contributed by atoms with Crippen molar-refractivity contribution in [2.45, 2.75) is 83.2 Å². The van der Waals surface area contributed by atoms with Crippen LogP contribution in [0.1, 0.15) is 73.6 Å². The summed E-state index contributed by atoms with van der Waals surface area (Å²) in [5, 5.41) is 0. The first kappa shape index (κ1) is 24.4. The zero-order valence-electron chi connectivity index (χ0n) is 17.2. The van der Waals surface area contributed by atoms with E-state index in [1.54, 1.807) is 12.1 Å². The van der Waals surface area contributed by atoms with Crippen LogP contribution in [0, 0.1) is 13.8 Å². The molecule has 0 spiro atoms. The number of halogens is 3. The van der Waals surface area contributed by atoms with Crippen molar-refractivity contribution in [2.75, 3.05) is 5.75 Å². The minimum absolute atomic E-state index is 0.00746. The van der Waals surface area contributed by atoms with Gasteiger partial charge in [0.2, 0.25) is 0 Å². The van der Waals surface area contributed by atoms with E-state index < -0.39 is 26.5 Å². The minimum Gasteiger partial charge on any atom is -0.224 e. The number of hydrogen-bond acceptors (Lipinski definition) is 4. The van der Waals surface area contributed by atoms with E-state index in [0.29, 0.717) is 11.3 Å². The highest BCUT2D eigenvalue weighted by Crippen LogP contribution is 2.48. The Labute approximate surface area is 180 Å². The molecule has 8 heteroatoms. The molecule has 0 aliphatic rings. The van der Waals surface area contributed by atoms with Gasteiger partial charge in [-0.3, -0.25) is 0 Å². The summed E-state index contributed by atoms with van der Waals surface area (Å²) in [5.74, 6) is -0.238. The third-order valence-electron chi connectivity index (χ3n) is 4.87. The smallest absolute Gasteiger partial charge is 0.224 e. The Morgan fingerprint density at radius 3 is 2.00 bits per heavy atom. The van der Waals surface area contributed by atoms with Gasteiger partial charge < -0.3 is 0 Å². The number of rotatable bonds is 11. The van der Waals surface area contributed by atoms with E-state index >= 15 is 0 Å². The summed E-state index contributed by atoms with van der Waals surface area (Å²) < 4.78 is 67.1. The monoisotopic (exact) mass is 466 g/mol. The van der Waals surface area contributed by atoms with Crippen LogP contribution in [0.4, 0.5) is 13.2 Å². The molecule has 0 amide bonds. The summed E-state index contributed by atoms with van der Waals surface area (Å²) in [6, 6.07) is 3.51. The van der Waals surface area contributed by atoms with Crippen molar-refractivity contribution in [1.82, 2.24) is 0 Å². The zero-order chi connectivity index (χ0) is 21.7. The fourth-order valence-corrected chi connectivity index (χ4v) is 7.84. The minimum atomic E-state index is -4.69. The molecule has 0 radical (unpaired) electrons. The Balaban J connectivity index is 2.20. The van der Waals surface area contributed by atoms with E-state index in [-0.39, 0.29) is 15.5 Å². The number of aryl methyl sites for hydroxylation is 2. The standard InChI is InChI=1S/C21H29F3O2S3/c1-4-5-6-7-8-9-10-11-14-29(25,26)20-18(21(22,23)24)16(3)28-19(20)17-13-12-15(2)27-17/h12-13H,4-11,14H2,1-3H3. The van der Waals surface area contributed by atoms with E-state index in [1.807, 2.05) is 6.92 Å². The lowest BCUT2D eigenvalue weighted by molar-refractivity contribution is -0.139. The zero-order valence-corrected chi connectivity index (χ0v) is 19.6. The van der Waals surface area contributed by atoms with Crippen LogP contribution >= 0.6 is 22.7 Å². The molecule has 0 atom stereocenters. The van der Waals surface area contributed by atoms with Crippen LogP contribution in [-0.4, -0.2) is 14.2 Å². The largest absolute Gasteiger partial charge is 0.418 e. The van der Waals surface area contributed by atoms with E-state index in [0.717, 1.165) is 41.9 Å². The van der Waals surface area contributed by atoms with Crippen LogP contribution in [0.25, 0.3) is 9.75 Å². The Morgan fingerprint density at radius 1 is 0.897 bits per heavy atom. The van der Waals surface area contributed by atoms with Crippen LogP contribution in [0.15, 0.2) is 17.0 Å².